The molecular weight excluding hydrogens is 299 g/mol. The van der Waals surface area contributed by atoms with Crippen molar-refractivity contribution >= 4 is 35.3 Å². The number of carbonyl (C=O) groups is 1. The molecule has 2 rings (SSSR count). The molecule has 0 aliphatic rings. The van der Waals surface area contributed by atoms with Gasteiger partial charge in [-0.2, -0.15) is 5.10 Å². The van der Waals surface area contributed by atoms with Crippen molar-refractivity contribution in [1.82, 2.24) is 5.43 Å². The minimum atomic E-state index is -0.516. The lowest BCUT2D eigenvalue weighted by atomic mass is 10.2. The van der Waals surface area contributed by atoms with E-state index in [1.165, 1.54) is 18.3 Å². The smallest absolute Gasteiger partial charge is 0.275 e. The van der Waals surface area contributed by atoms with Gasteiger partial charge in [-0.25, -0.2) is 5.43 Å². The van der Waals surface area contributed by atoms with E-state index < -0.39 is 5.91 Å². The second-order valence-corrected chi connectivity index (χ2v) is 4.64. The third kappa shape index (κ3) is 3.29. The number of nitrogens with one attached hydrogen (secondary N) is 1. The van der Waals surface area contributed by atoms with Gasteiger partial charge in [0.1, 0.15) is 5.75 Å². The summed E-state index contributed by atoms with van der Waals surface area (Å²) in [6.45, 7) is 0. The standard InChI is InChI=1S/C14H10Cl2N2O2/c15-11-6-3-4-9(13(11)16)8-17-18-14(20)10-5-1-2-7-12(10)19/h1-8,19H,(H,18,20). The molecule has 0 unspecified atom stereocenters. The Balaban J connectivity index is 2.09. The lowest BCUT2D eigenvalue weighted by molar-refractivity contribution is 0.0952. The van der Waals surface area contributed by atoms with Crippen LogP contribution in [-0.4, -0.2) is 17.2 Å². The second kappa shape index (κ2) is 6.41. The van der Waals surface area contributed by atoms with E-state index in [0.717, 1.165) is 0 Å². The van der Waals surface area contributed by atoms with Crippen LogP contribution in [0.25, 0.3) is 0 Å². The Labute approximate surface area is 125 Å². The molecule has 0 radical (unpaired) electrons. The number of amides is 1. The van der Waals surface area contributed by atoms with Crippen molar-refractivity contribution in [3.05, 3.63) is 63.6 Å². The normalized spacial score (nSPS) is 10.7. The number of phenols is 1. The molecule has 4 nitrogen and oxygen atoms in total. The van der Waals surface area contributed by atoms with Gasteiger partial charge in [-0.1, -0.05) is 47.5 Å². The van der Waals surface area contributed by atoms with Gasteiger partial charge in [0.25, 0.3) is 5.91 Å². The number of carbonyl (C=O) groups excluding carboxylic acids is 1. The van der Waals surface area contributed by atoms with Crippen molar-refractivity contribution in [2.75, 3.05) is 0 Å². The molecule has 0 aromatic heterocycles. The van der Waals surface area contributed by atoms with Crippen LogP contribution < -0.4 is 5.43 Å². The van der Waals surface area contributed by atoms with E-state index in [9.17, 15) is 9.90 Å². The fourth-order valence-corrected chi connectivity index (χ4v) is 1.86. The largest absolute Gasteiger partial charge is 0.507 e. The molecule has 0 saturated carbocycles. The molecule has 6 heteroatoms. The highest BCUT2D eigenvalue weighted by Gasteiger charge is 2.08. The average molecular weight is 309 g/mol. The first kappa shape index (κ1) is 14.4. The van der Waals surface area contributed by atoms with Crippen molar-refractivity contribution in [1.29, 1.82) is 0 Å². The Morgan fingerprint density at radius 1 is 1.15 bits per heavy atom. The molecule has 1 amide bonds. The van der Waals surface area contributed by atoms with Crippen LogP contribution >= 0.6 is 23.2 Å². The van der Waals surface area contributed by atoms with Gasteiger partial charge in [0.15, 0.2) is 0 Å². The summed E-state index contributed by atoms with van der Waals surface area (Å²) in [4.78, 5) is 11.8. The topological polar surface area (TPSA) is 61.7 Å². The Kier molecular flexibility index (Phi) is 4.61. The Morgan fingerprint density at radius 2 is 1.90 bits per heavy atom. The molecule has 2 N–H and O–H groups in total. The maximum Gasteiger partial charge on any atom is 0.275 e. The molecule has 0 aliphatic carbocycles. The molecule has 2 aromatic rings. The van der Waals surface area contributed by atoms with Crippen LogP contribution in [-0.2, 0) is 0 Å². The predicted octanol–water partition coefficient (Wildman–Crippen LogP) is 3.46. The van der Waals surface area contributed by atoms with Gasteiger partial charge in [0, 0.05) is 5.56 Å². The van der Waals surface area contributed by atoms with Crippen LogP contribution in [0.3, 0.4) is 0 Å². The number of aromatic hydroxyl groups is 1. The monoisotopic (exact) mass is 308 g/mol. The Bertz CT molecular complexity index is 672. The summed E-state index contributed by atoms with van der Waals surface area (Å²) >= 11 is 11.8. The van der Waals surface area contributed by atoms with Crippen LogP contribution in [0, 0.1) is 0 Å². The van der Waals surface area contributed by atoms with E-state index in [1.54, 1.807) is 30.3 Å². The minimum Gasteiger partial charge on any atom is -0.507 e. The second-order valence-electron chi connectivity index (χ2n) is 3.86. The van der Waals surface area contributed by atoms with Crippen molar-refractivity contribution in [3.63, 3.8) is 0 Å². The van der Waals surface area contributed by atoms with Crippen molar-refractivity contribution in [3.8, 4) is 5.75 Å². The van der Waals surface area contributed by atoms with Crippen LogP contribution in [0.15, 0.2) is 47.6 Å². The van der Waals surface area contributed by atoms with Crippen molar-refractivity contribution in [2.24, 2.45) is 5.10 Å². The van der Waals surface area contributed by atoms with Crippen LogP contribution in [0.2, 0.25) is 10.0 Å². The zero-order valence-electron chi connectivity index (χ0n) is 10.2. The Morgan fingerprint density at radius 3 is 2.65 bits per heavy atom. The fraction of sp³-hybridized carbons (Fsp3) is 0. The maximum atomic E-state index is 11.8. The average Bonchev–Trinajstić information content (AvgIpc) is 2.44. The number of halogens is 2. The number of benzene rings is 2. The van der Waals surface area contributed by atoms with Gasteiger partial charge in [-0.05, 0) is 18.2 Å². The molecular formula is C14H10Cl2N2O2. The van der Waals surface area contributed by atoms with Gasteiger partial charge >= 0.3 is 0 Å². The summed E-state index contributed by atoms with van der Waals surface area (Å²) in [5.74, 6) is -0.626. The lowest BCUT2D eigenvalue weighted by Gasteiger charge is -2.02. The number of hydrogen-bond acceptors (Lipinski definition) is 3. The van der Waals surface area contributed by atoms with Crippen LogP contribution in [0.1, 0.15) is 15.9 Å². The summed E-state index contributed by atoms with van der Waals surface area (Å²) in [6.07, 6.45) is 1.38. The molecule has 0 bridgehead atoms. The highest BCUT2D eigenvalue weighted by molar-refractivity contribution is 6.43. The minimum absolute atomic E-state index is 0.110. The van der Waals surface area contributed by atoms with E-state index in [-0.39, 0.29) is 11.3 Å². The summed E-state index contributed by atoms with van der Waals surface area (Å²) in [6, 6.07) is 11.3. The third-order valence-electron chi connectivity index (χ3n) is 2.50. The van der Waals surface area contributed by atoms with E-state index in [2.05, 4.69) is 10.5 Å². The molecule has 0 heterocycles. The predicted molar refractivity (Wildman–Crippen MR) is 79.6 cm³/mol. The summed E-state index contributed by atoms with van der Waals surface area (Å²) < 4.78 is 0. The van der Waals surface area contributed by atoms with Crippen LogP contribution in [0.4, 0.5) is 0 Å². The maximum absolute atomic E-state index is 11.8. The van der Waals surface area contributed by atoms with Gasteiger partial charge in [-0.15, -0.1) is 0 Å². The number of phenolic OH excluding ortho intramolecular Hbond substituents is 1. The quantitative estimate of drug-likeness (QED) is 0.674. The molecule has 20 heavy (non-hydrogen) atoms. The van der Waals surface area contributed by atoms with E-state index in [1.807, 2.05) is 0 Å². The van der Waals surface area contributed by atoms with Gasteiger partial charge in [0.05, 0.1) is 21.8 Å². The molecule has 2 aromatic carbocycles. The van der Waals surface area contributed by atoms with E-state index in [0.29, 0.717) is 15.6 Å². The number of hydrogen-bond donors (Lipinski definition) is 2. The fourth-order valence-electron chi connectivity index (χ4n) is 1.51. The lowest BCUT2D eigenvalue weighted by Crippen LogP contribution is -2.17. The highest BCUT2D eigenvalue weighted by atomic mass is 35.5. The summed E-state index contributed by atoms with van der Waals surface area (Å²) in [5.41, 5.74) is 3.02. The number of nitrogens with zero attached hydrogens (tertiary/aromatic N) is 1. The summed E-state index contributed by atoms with van der Waals surface area (Å²) in [7, 11) is 0. The molecule has 0 fully saturated rings. The van der Waals surface area contributed by atoms with Crippen LogP contribution in [0.5, 0.6) is 5.75 Å². The Hall–Kier alpha value is -2.04. The first-order chi connectivity index (χ1) is 9.59. The number of hydrazone groups is 1. The SMILES string of the molecule is O=C(NN=Cc1cccc(Cl)c1Cl)c1ccccc1O. The first-order valence-electron chi connectivity index (χ1n) is 5.65. The molecule has 0 atom stereocenters. The third-order valence-corrected chi connectivity index (χ3v) is 3.33. The summed E-state index contributed by atoms with van der Waals surface area (Å²) in [5, 5.41) is 14.1. The van der Waals surface area contributed by atoms with Gasteiger partial charge in [0.2, 0.25) is 0 Å². The first-order valence-corrected chi connectivity index (χ1v) is 6.40. The number of rotatable bonds is 3. The van der Waals surface area contributed by atoms with Crippen molar-refractivity contribution in [2.45, 2.75) is 0 Å². The molecule has 0 aliphatic heterocycles. The molecule has 102 valence electrons. The van der Waals surface area contributed by atoms with Gasteiger partial charge < -0.3 is 5.11 Å². The van der Waals surface area contributed by atoms with E-state index in [4.69, 9.17) is 23.2 Å². The van der Waals surface area contributed by atoms with E-state index >= 15 is 0 Å². The zero-order valence-corrected chi connectivity index (χ0v) is 11.7. The van der Waals surface area contributed by atoms with Crippen molar-refractivity contribution < 1.29 is 9.90 Å². The zero-order chi connectivity index (χ0) is 14.5. The number of para-hydroxylation sites is 1. The molecule has 0 saturated heterocycles. The van der Waals surface area contributed by atoms with Gasteiger partial charge in [-0.3, -0.25) is 4.79 Å². The molecule has 0 spiro atoms. The highest BCUT2D eigenvalue weighted by Crippen LogP contribution is 2.24.